The summed E-state index contributed by atoms with van der Waals surface area (Å²) in [5.74, 6) is 0.973. The summed E-state index contributed by atoms with van der Waals surface area (Å²) in [6.07, 6.45) is 3.68. The topological polar surface area (TPSA) is 16.1 Å². The first kappa shape index (κ1) is 10.3. The first-order valence-corrected chi connectivity index (χ1v) is 4.88. The minimum absolute atomic E-state index is 0.814. The summed E-state index contributed by atoms with van der Waals surface area (Å²) < 4.78 is 1.04. The number of aromatic nitrogens is 1. The van der Waals surface area contributed by atoms with Crippen LogP contribution in [-0.4, -0.2) is 18.6 Å². The highest BCUT2D eigenvalue weighted by Gasteiger charge is 2.01. The molecule has 1 aromatic rings. The number of hydrogen-bond acceptors (Lipinski definition) is 2. The number of rotatable bonds is 3. The number of aryl methyl sites for hydroxylation is 1. The first-order chi connectivity index (χ1) is 6.15. The van der Waals surface area contributed by atoms with Crippen molar-refractivity contribution in [3.63, 3.8) is 0 Å². The maximum absolute atomic E-state index is 4.29. The van der Waals surface area contributed by atoms with Gasteiger partial charge in [-0.2, -0.15) is 0 Å². The van der Waals surface area contributed by atoms with Crippen LogP contribution < -0.4 is 4.90 Å². The standard InChI is InChI=1S/C10H13BrN2/c1-4-5-13(3)10-6-8(2)9(11)7-12-10/h4,6-7H,1,5H2,2-3H3. The van der Waals surface area contributed by atoms with E-state index in [0.29, 0.717) is 0 Å². The van der Waals surface area contributed by atoms with Crippen molar-refractivity contribution in [3.8, 4) is 0 Å². The Kier molecular flexibility index (Phi) is 3.48. The number of nitrogens with zero attached hydrogens (tertiary/aromatic N) is 2. The summed E-state index contributed by atoms with van der Waals surface area (Å²) in [6.45, 7) is 6.55. The lowest BCUT2D eigenvalue weighted by molar-refractivity contribution is 0.986. The number of likely N-dealkylation sites (N-methyl/N-ethyl adjacent to an activating group) is 1. The molecule has 0 radical (unpaired) electrons. The van der Waals surface area contributed by atoms with Crippen LogP contribution in [0, 0.1) is 6.92 Å². The van der Waals surface area contributed by atoms with Crippen molar-refractivity contribution in [1.29, 1.82) is 0 Å². The van der Waals surface area contributed by atoms with Gasteiger partial charge in [0.25, 0.3) is 0 Å². The van der Waals surface area contributed by atoms with Gasteiger partial charge in [-0.15, -0.1) is 6.58 Å². The zero-order chi connectivity index (χ0) is 9.84. The van der Waals surface area contributed by atoms with Gasteiger partial charge in [-0.3, -0.25) is 0 Å². The second-order valence-electron chi connectivity index (χ2n) is 2.96. The molecule has 0 saturated carbocycles. The van der Waals surface area contributed by atoms with Crippen molar-refractivity contribution in [2.75, 3.05) is 18.5 Å². The van der Waals surface area contributed by atoms with E-state index in [1.165, 1.54) is 5.56 Å². The Morgan fingerprint density at radius 2 is 2.38 bits per heavy atom. The van der Waals surface area contributed by atoms with E-state index in [2.05, 4.69) is 34.4 Å². The monoisotopic (exact) mass is 240 g/mol. The number of anilines is 1. The molecule has 2 nitrogen and oxygen atoms in total. The average molecular weight is 241 g/mol. The molecule has 0 saturated heterocycles. The lowest BCUT2D eigenvalue weighted by Gasteiger charge is -2.16. The SMILES string of the molecule is C=CCN(C)c1cc(C)c(Br)cn1. The van der Waals surface area contributed by atoms with E-state index in [1.807, 2.05) is 30.3 Å². The minimum atomic E-state index is 0.814. The van der Waals surface area contributed by atoms with Crippen molar-refractivity contribution >= 4 is 21.7 Å². The maximum Gasteiger partial charge on any atom is 0.128 e. The van der Waals surface area contributed by atoms with Crippen molar-refractivity contribution in [2.45, 2.75) is 6.92 Å². The quantitative estimate of drug-likeness (QED) is 0.756. The minimum Gasteiger partial charge on any atom is -0.356 e. The lowest BCUT2D eigenvalue weighted by Crippen LogP contribution is -2.17. The molecule has 0 spiro atoms. The molecule has 0 bridgehead atoms. The van der Waals surface area contributed by atoms with Gasteiger partial charge in [0.15, 0.2) is 0 Å². The van der Waals surface area contributed by atoms with Crippen LogP contribution in [0.15, 0.2) is 29.4 Å². The van der Waals surface area contributed by atoms with Crippen molar-refractivity contribution in [1.82, 2.24) is 4.98 Å². The fourth-order valence-electron chi connectivity index (χ4n) is 1.02. The molecule has 0 unspecified atom stereocenters. The largest absolute Gasteiger partial charge is 0.356 e. The molecule has 3 heteroatoms. The summed E-state index contributed by atoms with van der Waals surface area (Å²) in [7, 11) is 2.00. The predicted molar refractivity (Wildman–Crippen MR) is 60.1 cm³/mol. The molecule has 0 amide bonds. The highest BCUT2D eigenvalue weighted by molar-refractivity contribution is 9.10. The highest BCUT2D eigenvalue weighted by atomic mass is 79.9. The molecule has 0 aliphatic rings. The van der Waals surface area contributed by atoms with Gasteiger partial charge in [-0.1, -0.05) is 6.08 Å². The zero-order valence-corrected chi connectivity index (χ0v) is 9.50. The molecule has 0 N–H and O–H groups in total. The van der Waals surface area contributed by atoms with Gasteiger partial charge in [0.2, 0.25) is 0 Å². The molecule has 1 aromatic heterocycles. The Morgan fingerprint density at radius 1 is 1.69 bits per heavy atom. The highest BCUT2D eigenvalue weighted by Crippen LogP contribution is 2.18. The molecular weight excluding hydrogens is 228 g/mol. The fraction of sp³-hybridized carbons (Fsp3) is 0.300. The summed E-state index contributed by atoms with van der Waals surface area (Å²) in [6, 6.07) is 2.05. The van der Waals surface area contributed by atoms with Gasteiger partial charge < -0.3 is 4.90 Å². The van der Waals surface area contributed by atoms with E-state index in [1.54, 1.807) is 0 Å². The van der Waals surface area contributed by atoms with Crippen LogP contribution in [0.1, 0.15) is 5.56 Å². The molecule has 0 aromatic carbocycles. The first-order valence-electron chi connectivity index (χ1n) is 4.09. The zero-order valence-electron chi connectivity index (χ0n) is 7.92. The third kappa shape index (κ3) is 2.56. The molecule has 0 atom stereocenters. The predicted octanol–water partition coefficient (Wildman–Crippen LogP) is 2.77. The maximum atomic E-state index is 4.29. The molecule has 0 aliphatic heterocycles. The van der Waals surface area contributed by atoms with E-state index >= 15 is 0 Å². The Balaban J connectivity index is 2.89. The van der Waals surface area contributed by atoms with E-state index in [4.69, 9.17) is 0 Å². The third-order valence-electron chi connectivity index (χ3n) is 1.83. The molecule has 1 rings (SSSR count). The van der Waals surface area contributed by atoms with Crippen LogP contribution in [-0.2, 0) is 0 Å². The number of pyridine rings is 1. The molecule has 70 valence electrons. The van der Waals surface area contributed by atoms with Gasteiger partial charge in [0.05, 0.1) is 0 Å². The fourth-order valence-corrected chi connectivity index (χ4v) is 1.24. The summed E-state index contributed by atoms with van der Waals surface area (Å²) in [5.41, 5.74) is 1.20. The van der Waals surface area contributed by atoms with Gasteiger partial charge >= 0.3 is 0 Å². The summed E-state index contributed by atoms with van der Waals surface area (Å²) in [5, 5.41) is 0. The Hall–Kier alpha value is -0.830. The smallest absolute Gasteiger partial charge is 0.128 e. The van der Waals surface area contributed by atoms with Crippen molar-refractivity contribution < 1.29 is 0 Å². The second kappa shape index (κ2) is 4.42. The van der Waals surface area contributed by atoms with E-state index in [-0.39, 0.29) is 0 Å². The van der Waals surface area contributed by atoms with Crippen LogP contribution >= 0.6 is 15.9 Å². The van der Waals surface area contributed by atoms with Gasteiger partial charge in [-0.05, 0) is 34.5 Å². The van der Waals surface area contributed by atoms with Crippen LogP contribution in [0.4, 0.5) is 5.82 Å². The van der Waals surface area contributed by atoms with Crippen LogP contribution in [0.3, 0.4) is 0 Å². The molecule has 13 heavy (non-hydrogen) atoms. The molecule has 0 aliphatic carbocycles. The Morgan fingerprint density at radius 3 is 2.92 bits per heavy atom. The normalized spacial score (nSPS) is 9.77. The van der Waals surface area contributed by atoms with Gasteiger partial charge in [0, 0.05) is 24.3 Å². The van der Waals surface area contributed by atoms with Crippen molar-refractivity contribution in [3.05, 3.63) is 35.0 Å². The van der Waals surface area contributed by atoms with E-state index in [0.717, 1.165) is 16.8 Å². The van der Waals surface area contributed by atoms with E-state index < -0.39 is 0 Å². The molecule has 0 fully saturated rings. The van der Waals surface area contributed by atoms with Crippen molar-refractivity contribution in [2.24, 2.45) is 0 Å². The molecular formula is C10H13BrN2. The summed E-state index contributed by atoms with van der Waals surface area (Å²) in [4.78, 5) is 6.34. The lowest BCUT2D eigenvalue weighted by atomic mass is 10.3. The van der Waals surface area contributed by atoms with Crippen LogP contribution in [0.25, 0.3) is 0 Å². The second-order valence-corrected chi connectivity index (χ2v) is 3.82. The summed E-state index contributed by atoms with van der Waals surface area (Å²) >= 11 is 3.42. The van der Waals surface area contributed by atoms with Gasteiger partial charge in [0.1, 0.15) is 5.82 Å². The number of hydrogen-bond donors (Lipinski definition) is 0. The van der Waals surface area contributed by atoms with Crippen LogP contribution in [0.5, 0.6) is 0 Å². The van der Waals surface area contributed by atoms with E-state index in [9.17, 15) is 0 Å². The average Bonchev–Trinajstić information content (AvgIpc) is 2.10. The third-order valence-corrected chi connectivity index (χ3v) is 2.66. The Bertz CT molecular complexity index is 310. The molecule has 1 heterocycles. The Labute approximate surface area is 87.4 Å². The van der Waals surface area contributed by atoms with Crippen LogP contribution in [0.2, 0.25) is 0 Å². The number of halogens is 1. The van der Waals surface area contributed by atoms with Gasteiger partial charge in [-0.25, -0.2) is 4.98 Å².